The maximum Gasteiger partial charge on any atom is 0.174 e. The molecule has 3 heterocycles. The molecule has 1 fully saturated rings. The number of hydrogen-bond donors (Lipinski definition) is 0. The van der Waals surface area contributed by atoms with Gasteiger partial charge < -0.3 is 4.74 Å². The van der Waals surface area contributed by atoms with E-state index in [9.17, 15) is 8.78 Å². The number of halogens is 2. The zero-order valence-electron chi connectivity index (χ0n) is 13.1. The van der Waals surface area contributed by atoms with Gasteiger partial charge in [-0.3, -0.25) is 0 Å². The van der Waals surface area contributed by atoms with Crippen molar-refractivity contribution >= 4 is 21.7 Å². The number of benzene rings is 1. The number of hydrogen-bond acceptors (Lipinski definition) is 5. The number of aryl methyl sites for hydroxylation is 1. The van der Waals surface area contributed by atoms with Crippen LogP contribution in [0.5, 0.6) is 0 Å². The van der Waals surface area contributed by atoms with Crippen molar-refractivity contribution in [3.63, 3.8) is 0 Å². The molecule has 0 aliphatic carbocycles. The lowest BCUT2D eigenvalue weighted by Crippen LogP contribution is -2.16. The van der Waals surface area contributed by atoms with Crippen molar-refractivity contribution in [3.8, 4) is 11.3 Å². The molecule has 4 rings (SSSR count). The molecule has 4 nitrogen and oxygen atoms in total. The van der Waals surface area contributed by atoms with Crippen molar-refractivity contribution < 1.29 is 13.5 Å². The van der Waals surface area contributed by atoms with Gasteiger partial charge in [0.1, 0.15) is 22.2 Å². The first-order chi connectivity index (χ1) is 11.6. The first-order valence-electron chi connectivity index (χ1n) is 7.80. The number of aromatic nitrogens is 3. The molecule has 1 saturated heterocycles. The minimum atomic E-state index is -0.626. The Morgan fingerprint density at radius 2 is 1.92 bits per heavy atom. The Hall–Kier alpha value is -1.99. The van der Waals surface area contributed by atoms with E-state index in [1.165, 1.54) is 23.5 Å². The molecule has 2 aromatic heterocycles. The van der Waals surface area contributed by atoms with E-state index in [4.69, 9.17) is 4.74 Å². The first kappa shape index (κ1) is 15.5. The van der Waals surface area contributed by atoms with Crippen molar-refractivity contribution in [2.24, 2.45) is 0 Å². The van der Waals surface area contributed by atoms with Gasteiger partial charge in [0.2, 0.25) is 0 Å². The molecule has 0 radical (unpaired) electrons. The molecule has 0 amide bonds. The van der Waals surface area contributed by atoms with Gasteiger partial charge in [0.05, 0.1) is 10.7 Å². The van der Waals surface area contributed by atoms with Crippen molar-refractivity contribution in [2.75, 3.05) is 13.2 Å². The second kappa shape index (κ2) is 6.14. The topological polar surface area (TPSA) is 47.9 Å². The van der Waals surface area contributed by atoms with Gasteiger partial charge in [0.25, 0.3) is 0 Å². The number of nitrogens with zero attached hydrogens (tertiary/aromatic N) is 3. The third kappa shape index (κ3) is 2.78. The quantitative estimate of drug-likeness (QED) is 0.696. The lowest BCUT2D eigenvalue weighted by Gasteiger charge is -2.21. The van der Waals surface area contributed by atoms with Crippen LogP contribution in [0.1, 0.15) is 29.6 Å². The standard InChI is InChI=1S/C17H15F2N3OS/c1-9-20-17-15(24-9)14(12-3-2-11(18)8-13(12)19)21-16(22-17)10-4-6-23-7-5-10/h2-3,8,10H,4-7H2,1H3. The van der Waals surface area contributed by atoms with Crippen LogP contribution in [-0.2, 0) is 4.74 Å². The van der Waals surface area contributed by atoms with Crippen LogP contribution < -0.4 is 0 Å². The largest absolute Gasteiger partial charge is 0.381 e. The van der Waals surface area contributed by atoms with Crippen LogP contribution >= 0.6 is 11.3 Å². The van der Waals surface area contributed by atoms with E-state index in [-0.39, 0.29) is 11.5 Å². The zero-order chi connectivity index (χ0) is 16.7. The van der Waals surface area contributed by atoms with E-state index in [2.05, 4.69) is 15.0 Å². The van der Waals surface area contributed by atoms with E-state index < -0.39 is 11.6 Å². The summed E-state index contributed by atoms with van der Waals surface area (Å²) in [5.74, 6) is -0.395. The molecule has 7 heteroatoms. The van der Waals surface area contributed by atoms with E-state index >= 15 is 0 Å². The summed E-state index contributed by atoms with van der Waals surface area (Å²) in [4.78, 5) is 13.7. The van der Waals surface area contributed by atoms with Crippen molar-refractivity contribution in [3.05, 3.63) is 40.7 Å². The zero-order valence-corrected chi connectivity index (χ0v) is 13.9. The third-order valence-electron chi connectivity index (χ3n) is 4.15. The second-order valence-corrected chi connectivity index (χ2v) is 7.03. The normalized spacial score (nSPS) is 16.0. The monoisotopic (exact) mass is 347 g/mol. The molecule has 0 unspecified atom stereocenters. The van der Waals surface area contributed by atoms with E-state index in [0.29, 0.717) is 30.4 Å². The van der Waals surface area contributed by atoms with Gasteiger partial charge in [0, 0.05) is 30.8 Å². The molecular weight excluding hydrogens is 332 g/mol. The summed E-state index contributed by atoms with van der Waals surface area (Å²) in [6.45, 7) is 3.22. The summed E-state index contributed by atoms with van der Waals surface area (Å²) < 4.78 is 33.7. The number of rotatable bonds is 2. The Labute approximate surface area is 141 Å². The molecule has 0 atom stereocenters. The van der Waals surface area contributed by atoms with E-state index in [0.717, 1.165) is 28.6 Å². The Balaban J connectivity index is 1.91. The van der Waals surface area contributed by atoms with Crippen LogP contribution in [0.2, 0.25) is 0 Å². The molecule has 124 valence electrons. The predicted octanol–water partition coefficient (Wildman–Crippen LogP) is 4.23. The highest BCUT2D eigenvalue weighted by Crippen LogP contribution is 2.35. The molecular formula is C17H15F2N3OS. The smallest absolute Gasteiger partial charge is 0.174 e. The summed E-state index contributed by atoms with van der Waals surface area (Å²) in [5.41, 5.74) is 1.35. The van der Waals surface area contributed by atoms with E-state index in [1.807, 2.05) is 6.92 Å². The molecule has 1 aromatic carbocycles. The molecule has 24 heavy (non-hydrogen) atoms. The second-order valence-electron chi connectivity index (χ2n) is 5.83. The minimum Gasteiger partial charge on any atom is -0.381 e. The molecule has 1 aliphatic rings. The lowest BCUT2D eigenvalue weighted by molar-refractivity contribution is 0.0836. The van der Waals surface area contributed by atoms with Gasteiger partial charge in [-0.15, -0.1) is 11.3 Å². The van der Waals surface area contributed by atoms with Crippen LogP contribution in [0.25, 0.3) is 21.6 Å². The summed E-state index contributed by atoms with van der Waals surface area (Å²) in [6.07, 6.45) is 1.67. The lowest BCUT2D eigenvalue weighted by atomic mass is 9.99. The number of thiazole rings is 1. The first-order valence-corrected chi connectivity index (χ1v) is 8.61. The molecule has 0 saturated carbocycles. The third-order valence-corrected chi connectivity index (χ3v) is 5.12. The van der Waals surface area contributed by atoms with Crippen molar-refractivity contribution in [1.29, 1.82) is 0 Å². The summed E-state index contributed by atoms with van der Waals surface area (Å²) in [7, 11) is 0. The summed E-state index contributed by atoms with van der Waals surface area (Å²) in [5, 5.41) is 0.840. The Morgan fingerprint density at radius 3 is 2.67 bits per heavy atom. The highest BCUT2D eigenvalue weighted by atomic mass is 32.1. The van der Waals surface area contributed by atoms with Crippen LogP contribution in [0.15, 0.2) is 18.2 Å². The van der Waals surface area contributed by atoms with Crippen LogP contribution in [-0.4, -0.2) is 28.2 Å². The molecule has 0 bridgehead atoms. The Morgan fingerprint density at radius 1 is 1.12 bits per heavy atom. The van der Waals surface area contributed by atoms with E-state index in [1.54, 1.807) is 0 Å². The Bertz CT molecular complexity index is 906. The fourth-order valence-electron chi connectivity index (χ4n) is 2.95. The average molecular weight is 347 g/mol. The van der Waals surface area contributed by atoms with Gasteiger partial charge >= 0.3 is 0 Å². The number of ether oxygens (including phenoxy) is 1. The van der Waals surface area contributed by atoms with Crippen molar-refractivity contribution in [2.45, 2.75) is 25.7 Å². The minimum absolute atomic E-state index is 0.174. The SMILES string of the molecule is Cc1nc2nc(C3CCOCC3)nc(-c3ccc(F)cc3F)c2s1. The summed E-state index contributed by atoms with van der Waals surface area (Å²) in [6, 6.07) is 3.55. The molecule has 1 aliphatic heterocycles. The highest BCUT2D eigenvalue weighted by Gasteiger charge is 2.23. The van der Waals surface area contributed by atoms with Gasteiger partial charge in [0.15, 0.2) is 5.65 Å². The van der Waals surface area contributed by atoms with Gasteiger partial charge in [-0.1, -0.05) is 0 Å². The number of fused-ring (bicyclic) bond motifs is 1. The van der Waals surface area contributed by atoms with Gasteiger partial charge in [-0.05, 0) is 31.9 Å². The average Bonchev–Trinajstić information content (AvgIpc) is 2.95. The van der Waals surface area contributed by atoms with Crippen molar-refractivity contribution in [1.82, 2.24) is 15.0 Å². The maximum absolute atomic E-state index is 14.3. The molecule has 0 N–H and O–H groups in total. The summed E-state index contributed by atoms with van der Waals surface area (Å²) >= 11 is 1.42. The Kier molecular flexibility index (Phi) is 3.97. The fraction of sp³-hybridized carbons (Fsp3) is 0.353. The maximum atomic E-state index is 14.3. The molecule has 3 aromatic rings. The van der Waals surface area contributed by atoms with Crippen LogP contribution in [0, 0.1) is 18.6 Å². The van der Waals surface area contributed by atoms with Gasteiger partial charge in [-0.2, -0.15) is 0 Å². The van der Waals surface area contributed by atoms with Crippen LogP contribution in [0.4, 0.5) is 8.78 Å². The highest BCUT2D eigenvalue weighted by molar-refractivity contribution is 7.19. The predicted molar refractivity (Wildman–Crippen MR) is 88.1 cm³/mol. The fourth-order valence-corrected chi connectivity index (χ4v) is 3.81. The molecule has 0 spiro atoms. The van der Waals surface area contributed by atoms with Gasteiger partial charge in [-0.25, -0.2) is 23.7 Å². The van der Waals surface area contributed by atoms with Crippen LogP contribution in [0.3, 0.4) is 0 Å².